The van der Waals surface area contributed by atoms with Gasteiger partial charge >= 0.3 is 0 Å². The quantitative estimate of drug-likeness (QED) is 0.550. The molecule has 0 atom stereocenters. The second kappa shape index (κ2) is 9.20. The summed E-state index contributed by atoms with van der Waals surface area (Å²) in [6.07, 6.45) is 5.31. The maximum atomic E-state index is 14.3. The Kier molecular flexibility index (Phi) is 6.40. The Morgan fingerprint density at radius 1 is 1.17 bits per heavy atom. The molecule has 3 aromatic rings. The number of fused-ring (bicyclic) bond motifs is 1. The summed E-state index contributed by atoms with van der Waals surface area (Å²) in [6.45, 7) is 1.52. The topological polar surface area (TPSA) is 76.4 Å². The molecule has 1 aromatic carbocycles. The van der Waals surface area contributed by atoms with Gasteiger partial charge in [0, 0.05) is 25.7 Å². The highest BCUT2D eigenvalue weighted by Crippen LogP contribution is 2.28. The first kappa shape index (κ1) is 20.9. The molecule has 2 aromatic heterocycles. The molecule has 0 spiro atoms. The van der Waals surface area contributed by atoms with E-state index >= 15 is 0 Å². The molecule has 1 aliphatic carbocycles. The van der Waals surface area contributed by atoms with Crippen molar-refractivity contribution >= 4 is 23.1 Å². The molecule has 0 bridgehead atoms. The second-order valence-corrected chi connectivity index (χ2v) is 7.72. The summed E-state index contributed by atoms with van der Waals surface area (Å²) in [4.78, 5) is 8.66. The molecular formula is C20H23ClF2N6O. The van der Waals surface area contributed by atoms with Gasteiger partial charge in [-0.3, -0.25) is 0 Å². The van der Waals surface area contributed by atoms with Gasteiger partial charge in [0.05, 0.1) is 18.4 Å². The van der Waals surface area contributed by atoms with Crippen LogP contribution < -0.4 is 10.6 Å². The van der Waals surface area contributed by atoms with E-state index in [9.17, 15) is 8.78 Å². The fourth-order valence-corrected chi connectivity index (χ4v) is 3.94. The molecule has 0 amide bonds. The first-order valence-electron chi connectivity index (χ1n) is 9.91. The smallest absolute Gasteiger partial charge is 0.198 e. The number of imidazole rings is 1. The SMILES string of the molecule is COCCN[C@H]1CC[C@H](Nc2nc(-c3c(F)cccc3F)nn3c(Cl)cnc23)CC1. The van der Waals surface area contributed by atoms with E-state index in [1.807, 2.05) is 0 Å². The standard InChI is InChI=1S/C20H23ClF2N6O/c1-30-10-9-24-12-5-7-13(8-6-12)26-19-20-25-11-16(21)29(20)28-18(27-19)17-14(22)3-2-4-15(17)23/h2-4,11-13,24H,5-10H2,1H3,(H,26,27,28)/t12-,13-. The third-order valence-corrected chi connectivity index (χ3v) is 5.57. The lowest BCUT2D eigenvalue weighted by Crippen LogP contribution is -2.38. The van der Waals surface area contributed by atoms with E-state index in [1.54, 1.807) is 7.11 Å². The summed E-state index contributed by atoms with van der Waals surface area (Å²) in [5, 5.41) is 11.3. The van der Waals surface area contributed by atoms with Gasteiger partial charge in [-0.2, -0.15) is 4.52 Å². The molecule has 0 radical (unpaired) electrons. The van der Waals surface area contributed by atoms with Crippen LogP contribution in [0.5, 0.6) is 0 Å². The summed E-state index contributed by atoms with van der Waals surface area (Å²) in [5.74, 6) is -1.15. The second-order valence-electron chi connectivity index (χ2n) is 7.34. The monoisotopic (exact) mass is 436 g/mol. The maximum Gasteiger partial charge on any atom is 0.198 e. The largest absolute Gasteiger partial charge is 0.383 e. The Hall–Kier alpha value is -2.36. The van der Waals surface area contributed by atoms with Gasteiger partial charge in [-0.1, -0.05) is 17.7 Å². The summed E-state index contributed by atoms with van der Waals surface area (Å²) in [7, 11) is 1.69. The first-order chi connectivity index (χ1) is 14.6. The molecule has 1 aliphatic rings. The number of halogens is 3. The van der Waals surface area contributed by atoms with Gasteiger partial charge in [0.25, 0.3) is 0 Å². The van der Waals surface area contributed by atoms with Crippen LogP contribution in [0, 0.1) is 11.6 Å². The summed E-state index contributed by atoms with van der Waals surface area (Å²) in [5.41, 5.74) is 0.124. The Labute approximate surface area is 177 Å². The third kappa shape index (κ3) is 4.38. The normalized spacial score (nSPS) is 19.3. The van der Waals surface area contributed by atoms with Crippen LogP contribution in [0.25, 0.3) is 17.0 Å². The number of hydrogen-bond acceptors (Lipinski definition) is 6. The van der Waals surface area contributed by atoms with E-state index in [1.165, 1.54) is 28.9 Å². The van der Waals surface area contributed by atoms with E-state index in [0.29, 0.717) is 24.1 Å². The van der Waals surface area contributed by atoms with Crippen molar-refractivity contribution in [2.24, 2.45) is 0 Å². The number of benzene rings is 1. The fourth-order valence-electron chi connectivity index (χ4n) is 3.77. The van der Waals surface area contributed by atoms with Crippen LogP contribution in [0.2, 0.25) is 5.15 Å². The van der Waals surface area contributed by atoms with Crippen molar-refractivity contribution in [3.63, 3.8) is 0 Å². The number of nitrogens with one attached hydrogen (secondary N) is 2. The molecule has 0 aliphatic heterocycles. The number of methoxy groups -OCH3 is 1. The van der Waals surface area contributed by atoms with Crippen molar-refractivity contribution in [3.05, 3.63) is 41.2 Å². The van der Waals surface area contributed by atoms with E-state index in [0.717, 1.165) is 32.2 Å². The van der Waals surface area contributed by atoms with E-state index < -0.39 is 11.6 Å². The molecule has 10 heteroatoms. The minimum absolute atomic E-state index is 0.0876. The highest BCUT2D eigenvalue weighted by atomic mass is 35.5. The van der Waals surface area contributed by atoms with Crippen molar-refractivity contribution in [2.75, 3.05) is 25.6 Å². The minimum Gasteiger partial charge on any atom is -0.383 e. The van der Waals surface area contributed by atoms with Gasteiger partial charge in [0.15, 0.2) is 22.4 Å². The van der Waals surface area contributed by atoms with E-state index in [-0.39, 0.29) is 22.6 Å². The van der Waals surface area contributed by atoms with Crippen LogP contribution in [0.15, 0.2) is 24.4 Å². The predicted octanol–water partition coefficient (Wildman–Crippen LogP) is 3.68. The summed E-state index contributed by atoms with van der Waals surface area (Å²) >= 11 is 6.18. The highest BCUT2D eigenvalue weighted by Gasteiger charge is 2.24. The van der Waals surface area contributed by atoms with Gasteiger partial charge in [-0.25, -0.2) is 18.7 Å². The maximum absolute atomic E-state index is 14.3. The number of aromatic nitrogens is 4. The number of ether oxygens (including phenoxy) is 1. The fraction of sp³-hybridized carbons (Fsp3) is 0.450. The van der Waals surface area contributed by atoms with Crippen LogP contribution in [0.3, 0.4) is 0 Å². The van der Waals surface area contributed by atoms with Crippen molar-refractivity contribution in [3.8, 4) is 11.4 Å². The Bertz CT molecular complexity index is 1000. The van der Waals surface area contributed by atoms with Gasteiger partial charge in [-0.15, -0.1) is 5.10 Å². The number of nitrogens with zero attached hydrogens (tertiary/aromatic N) is 4. The van der Waals surface area contributed by atoms with Crippen molar-refractivity contribution in [1.29, 1.82) is 0 Å². The molecular weight excluding hydrogens is 414 g/mol. The van der Waals surface area contributed by atoms with Gasteiger partial charge < -0.3 is 15.4 Å². The number of anilines is 1. The zero-order valence-electron chi connectivity index (χ0n) is 16.5. The molecule has 1 fully saturated rings. The Morgan fingerprint density at radius 3 is 2.57 bits per heavy atom. The Morgan fingerprint density at radius 2 is 1.87 bits per heavy atom. The van der Waals surface area contributed by atoms with Crippen LogP contribution in [0.1, 0.15) is 25.7 Å². The summed E-state index contributed by atoms with van der Waals surface area (Å²) < 4.78 is 35.0. The zero-order chi connectivity index (χ0) is 21.1. The molecule has 4 rings (SSSR count). The lowest BCUT2D eigenvalue weighted by atomic mass is 9.91. The average molecular weight is 437 g/mol. The molecule has 1 saturated carbocycles. The van der Waals surface area contributed by atoms with E-state index in [4.69, 9.17) is 16.3 Å². The van der Waals surface area contributed by atoms with Crippen LogP contribution in [-0.4, -0.2) is 51.9 Å². The van der Waals surface area contributed by atoms with Crippen molar-refractivity contribution in [2.45, 2.75) is 37.8 Å². The Balaban J connectivity index is 1.57. The van der Waals surface area contributed by atoms with E-state index in [2.05, 4.69) is 25.7 Å². The minimum atomic E-state index is -0.737. The molecule has 0 unspecified atom stereocenters. The molecule has 30 heavy (non-hydrogen) atoms. The average Bonchev–Trinajstić information content (AvgIpc) is 3.11. The molecule has 7 nitrogen and oxygen atoms in total. The highest BCUT2D eigenvalue weighted by molar-refractivity contribution is 6.29. The molecule has 2 N–H and O–H groups in total. The first-order valence-corrected chi connectivity index (χ1v) is 10.3. The number of hydrogen-bond donors (Lipinski definition) is 2. The van der Waals surface area contributed by atoms with Crippen molar-refractivity contribution in [1.82, 2.24) is 24.9 Å². The zero-order valence-corrected chi connectivity index (χ0v) is 17.3. The lowest BCUT2D eigenvalue weighted by Gasteiger charge is -2.30. The predicted molar refractivity (Wildman–Crippen MR) is 111 cm³/mol. The molecule has 160 valence electrons. The van der Waals surface area contributed by atoms with Gasteiger partial charge in [0.2, 0.25) is 0 Å². The molecule has 2 heterocycles. The third-order valence-electron chi connectivity index (χ3n) is 5.31. The lowest BCUT2D eigenvalue weighted by molar-refractivity contribution is 0.191. The van der Waals surface area contributed by atoms with Gasteiger partial charge in [0.1, 0.15) is 11.6 Å². The van der Waals surface area contributed by atoms with Crippen LogP contribution in [-0.2, 0) is 4.74 Å². The van der Waals surface area contributed by atoms with Crippen LogP contribution >= 0.6 is 11.6 Å². The number of rotatable bonds is 7. The molecule has 0 saturated heterocycles. The van der Waals surface area contributed by atoms with Gasteiger partial charge in [-0.05, 0) is 37.8 Å². The summed E-state index contributed by atoms with van der Waals surface area (Å²) in [6, 6.07) is 4.26. The van der Waals surface area contributed by atoms with Crippen molar-refractivity contribution < 1.29 is 13.5 Å². The van der Waals surface area contributed by atoms with Crippen LogP contribution in [0.4, 0.5) is 14.6 Å².